The van der Waals surface area contributed by atoms with Crippen LogP contribution in [0.15, 0.2) is 28.4 Å². The summed E-state index contributed by atoms with van der Waals surface area (Å²) in [6.45, 7) is 4.11. The average Bonchev–Trinajstić information content (AvgIpc) is 2.33. The zero-order chi connectivity index (χ0) is 12.3. The monoisotopic (exact) mass is 232 g/mol. The maximum Gasteiger partial charge on any atom is 0.145 e. The van der Waals surface area contributed by atoms with E-state index < -0.39 is 0 Å². The Hall–Kier alpha value is -1.38. The Morgan fingerprint density at radius 3 is 2.76 bits per heavy atom. The highest BCUT2D eigenvalue weighted by molar-refractivity contribution is 5.54. The fourth-order valence-corrected chi connectivity index (χ4v) is 2.33. The molecule has 0 saturated heterocycles. The van der Waals surface area contributed by atoms with Crippen molar-refractivity contribution in [1.82, 2.24) is 0 Å². The van der Waals surface area contributed by atoms with Gasteiger partial charge in [0.15, 0.2) is 0 Å². The summed E-state index contributed by atoms with van der Waals surface area (Å²) in [5.74, 6) is 0.860. The molecule has 17 heavy (non-hydrogen) atoms. The van der Waals surface area contributed by atoms with E-state index in [4.69, 9.17) is 0 Å². The number of aryl methyl sites for hydroxylation is 1. The first-order chi connectivity index (χ1) is 8.18. The van der Waals surface area contributed by atoms with Crippen molar-refractivity contribution < 1.29 is 5.11 Å². The molecule has 1 aliphatic carbocycles. The van der Waals surface area contributed by atoms with E-state index in [1.54, 1.807) is 6.07 Å². The molecule has 1 aromatic rings. The number of azo groups is 1. The number of hydrogen-bond donors (Lipinski definition) is 1. The smallest absolute Gasteiger partial charge is 0.145 e. The van der Waals surface area contributed by atoms with E-state index in [2.05, 4.69) is 17.2 Å². The normalized spacial score (nSPS) is 25.3. The zero-order valence-corrected chi connectivity index (χ0v) is 10.6. The first kappa shape index (κ1) is 12.1. The van der Waals surface area contributed by atoms with Gasteiger partial charge in [0.25, 0.3) is 0 Å². The molecule has 0 amide bonds. The van der Waals surface area contributed by atoms with E-state index in [9.17, 15) is 5.11 Å². The van der Waals surface area contributed by atoms with Gasteiger partial charge < -0.3 is 5.11 Å². The molecule has 0 heterocycles. The summed E-state index contributed by atoms with van der Waals surface area (Å²) >= 11 is 0. The minimum atomic E-state index is 0.250. The number of aromatic hydroxyl groups is 1. The average molecular weight is 232 g/mol. The number of para-hydroxylation sites is 1. The maximum atomic E-state index is 9.84. The first-order valence-corrected chi connectivity index (χ1v) is 6.38. The van der Waals surface area contributed by atoms with Gasteiger partial charge >= 0.3 is 0 Å². The maximum absolute atomic E-state index is 9.84. The Morgan fingerprint density at radius 1 is 1.24 bits per heavy atom. The van der Waals surface area contributed by atoms with Crippen molar-refractivity contribution in [1.29, 1.82) is 0 Å². The van der Waals surface area contributed by atoms with Gasteiger partial charge in [0.1, 0.15) is 11.4 Å². The van der Waals surface area contributed by atoms with Crippen molar-refractivity contribution in [2.24, 2.45) is 16.1 Å². The Kier molecular flexibility index (Phi) is 3.77. The topological polar surface area (TPSA) is 45.0 Å². The predicted molar refractivity (Wildman–Crippen MR) is 68.8 cm³/mol. The molecule has 0 aromatic heterocycles. The Bertz CT molecular complexity index is 415. The minimum Gasteiger partial charge on any atom is -0.505 e. The van der Waals surface area contributed by atoms with Crippen molar-refractivity contribution in [3.63, 3.8) is 0 Å². The van der Waals surface area contributed by atoms with Crippen LogP contribution in [0.2, 0.25) is 0 Å². The third-order valence-corrected chi connectivity index (χ3v) is 3.60. The number of hydrogen-bond acceptors (Lipinski definition) is 3. The third-order valence-electron chi connectivity index (χ3n) is 3.60. The highest BCUT2D eigenvalue weighted by Crippen LogP contribution is 2.32. The van der Waals surface area contributed by atoms with E-state index in [-0.39, 0.29) is 5.75 Å². The standard InChI is InChI=1S/C14H20N2O/c1-10-6-3-4-8-12(10)15-16-13-9-5-7-11(2)14(13)17/h5,7,9-10,12,17H,3-4,6,8H2,1-2H3. The van der Waals surface area contributed by atoms with Crippen LogP contribution in [0.4, 0.5) is 5.69 Å². The molecule has 2 atom stereocenters. The van der Waals surface area contributed by atoms with Crippen molar-refractivity contribution in [3.8, 4) is 5.75 Å². The summed E-state index contributed by atoms with van der Waals surface area (Å²) in [5.41, 5.74) is 1.43. The zero-order valence-electron chi connectivity index (χ0n) is 10.6. The quantitative estimate of drug-likeness (QED) is 0.756. The summed E-state index contributed by atoms with van der Waals surface area (Å²) in [5, 5.41) is 18.5. The molecule has 2 unspecified atom stereocenters. The van der Waals surface area contributed by atoms with Gasteiger partial charge in [-0.3, -0.25) is 0 Å². The first-order valence-electron chi connectivity index (χ1n) is 6.38. The van der Waals surface area contributed by atoms with Gasteiger partial charge in [-0.1, -0.05) is 31.9 Å². The Labute approximate surface area is 103 Å². The summed E-state index contributed by atoms with van der Waals surface area (Å²) in [4.78, 5) is 0. The lowest BCUT2D eigenvalue weighted by Gasteiger charge is -2.24. The highest BCUT2D eigenvalue weighted by Gasteiger charge is 2.20. The Balaban J connectivity index is 2.11. The highest BCUT2D eigenvalue weighted by atomic mass is 16.3. The van der Waals surface area contributed by atoms with Crippen LogP contribution in [0.5, 0.6) is 5.75 Å². The molecule has 1 aliphatic rings. The molecule has 0 bridgehead atoms. The minimum absolute atomic E-state index is 0.250. The van der Waals surface area contributed by atoms with Crippen LogP contribution in [-0.4, -0.2) is 11.1 Å². The largest absolute Gasteiger partial charge is 0.505 e. The van der Waals surface area contributed by atoms with E-state index in [0.717, 1.165) is 12.0 Å². The summed E-state index contributed by atoms with van der Waals surface area (Å²) < 4.78 is 0. The van der Waals surface area contributed by atoms with Crippen molar-refractivity contribution >= 4 is 5.69 Å². The second kappa shape index (κ2) is 5.30. The second-order valence-corrected chi connectivity index (χ2v) is 4.99. The van der Waals surface area contributed by atoms with Gasteiger partial charge in [-0.05, 0) is 37.3 Å². The Morgan fingerprint density at radius 2 is 2.00 bits per heavy atom. The predicted octanol–water partition coefficient (Wildman–Crippen LogP) is 4.36. The van der Waals surface area contributed by atoms with Crippen LogP contribution >= 0.6 is 0 Å². The van der Waals surface area contributed by atoms with Crippen molar-refractivity contribution in [2.45, 2.75) is 45.6 Å². The molecule has 0 radical (unpaired) electrons. The molecule has 92 valence electrons. The lowest BCUT2D eigenvalue weighted by molar-refractivity contribution is 0.324. The van der Waals surface area contributed by atoms with Gasteiger partial charge in [-0.15, -0.1) is 0 Å². The number of rotatable bonds is 2. The van der Waals surface area contributed by atoms with Gasteiger partial charge in [0.05, 0.1) is 6.04 Å². The van der Waals surface area contributed by atoms with Crippen LogP contribution in [-0.2, 0) is 0 Å². The van der Waals surface area contributed by atoms with Gasteiger partial charge in [0, 0.05) is 0 Å². The van der Waals surface area contributed by atoms with Gasteiger partial charge in [0.2, 0.25) is 0 Å². The second-order valence-electron chi connectivity index (χ2n) is 4.99. The van der Waals surface area contributed by atoms with Crippen LogP contribution < -0.4 is 0 Å². The number of phenols is 1. The van der Waals surface area contributed by atoms with Gasteiger partial charge in [-0.2, -0.15) is 10.2 Å². The number of nitrogens with zero attached hydrogens (tertiary/aromatic N) is 2. The van der Waals surface area contributed by atoms with Crippen molar-refractivity contribution in [2.75, 3.05) is 0 Å². The fraction of sp³-hybridized carbons (Fsp3) is 0.571. The molecule has 3 nitrogen and oxygen atoms in total. The molecule has 1 fully saturated rings. The lowest BCUT2D eigenvalue weighted by Crippen LogP contribution is -2.19. The molecule has 0 spiro atoms. The summed E-state index contributed by atoms with van der Waals surface area (Å²) in [7, 11) is 0. The summed E-state index contributed by atoms with van der Waals surface area (Å²) in [6.07, 6.45) is 4.91. The SMILES string of the molecule is Cc1cccc(N=NC2CCCCC2C)c1O. The lowest BCUT2D eigenvalue weighted by atomic mass is 9.86. The third kappa shape index (κ3) is 2.84. The molecule has 1 aromatic carbocycles. The molecule has 0 aliphatic heterocycles. The van der Waals surface area contributed by atoms with Crippen LogP contribution in [0.1, 0.15) is 38.2 Å². The molecule has 1 saturated carbocycles. The molecule has 1 N–H and O–H groups in total. The fourth-order valence-electron chi connectivity index (χ4n) is 2.33. The molecule has 2 rings (SSSR count). The van der Waals surface area contributed by atoms with Gasteiger partial charge in [-0.25, -0.2) is 0 Å². The van der Waals surface area contributed by atoms with Crippen molar-refractivity contribution in [3.05, 3.63) is 23.8 Å². The molecular formula is C14H20N2O. The summed E-state index contributed by atoms with van der Waals surface area (Å²) in [6, 6.07) is 5.90. The van der Waals surface area contributed by atoms with E-state index in [1.165, 1.54) is 19.3 Å². The van der Waals surface area contributed by atoms with E-state index in [0.29, 0.717) is 17.6 Å². The van der Waals surface area contributed by atoms with Crippen LogP contribution in [0.3, 0.4) is 0 Å². The van der Waals surface area contributed by atoms with E-state index in [1.807, 2.05) is 19.1 Å². The van der Waals surface area contributed by atoms with Crippen LogP contribution in [0, 0.1) is 12.8 Å². The van der Waals surface area contributed by atoms with Crippen LogP contribution in [0.25, 0.3) is 0 Å². The molecular weight excluding hydrogens is 212 g/mol. The molecule has 3 heteroatoms. The van der Waals surface area contributed by atoms with E-state index >= 15 is 0 Å². The number of phenolic OH excluding ortho intramolecular Hbond substituents is 1. The number of benzene rings is 1.